The van der Waals surface area contributed by atoms with E-state index in [-0.39, 0.29) is 17.9 Å². The second-order valence-electron chi connectivity index (χ2n) is 7.66. The summed E-state index contributed by atoms with van der Waals surface area (Å²) in [7, 11) is 0. The zero-order chi connectivity index (χ0) is 22.7. The Morgan fingerprint density at radius 2 is 1.56 bits per heavy atom. The molecular formula is C26H23N3O3. The third-order valence-electron chi connectivity index (χ3n) is 5.50. The number of anilines is 1. The van der Waals surface area contributed by atoms with Crippen LogP contribution in [0.3, 0.4) is 0 Å². The highest BCUT2D eigenvalue weighted by atomic mass is 16.2. The van der Waals surface area contributed by atoms with Crippen molar-refractivity contribution in [1.82, 2.24) is 4.57 Å². The predicted molar refractivity (Wildman–Crippen MR) is 126 cm³/mol. The minimum absolute atomic E-state index is 0.181. The Hall–Kier alpha value is -4.19. The number of benzene rings is 3. The molecule has 32 heavy (non-hydrogen) atoms. The molecule has 0 saturated carbocycles. The van der Waals surface area contributed by atoms with Crippen molar-refractivity contribution in [2.75, 3.05) is 5.32 Å². The molecular weight excluding hydrogens is 402 g/mol. The second kappa shape index (κ2) is 8.89. The van der Waals surface area contributed by atoms with Gasteiger partial charge in [-0.05, 0) is 41.8 Å². The number of fused-ring (bicyclic) bond motifs is 1. The van der Waals surface area contributed by atoms with Gasteiger partial charge in [-0.25, -0.2) is 0 Å². The average Bonchev–Trinajstić information content (AvgIpc) is 2.80. The van der Waals surface area contributed by atoms with Gasteiger partial charge in [-0.15, -0.1) is 0 Å². The van der Waals surface area contributed by atoms with Gasteiger partial charge in [0.2, 0.25) is 11.8 Å². The van der Waals surface area contributed by atoms with Gasteiger partial charge in [0.1, 0.15) is 6.04 Å². The number of primary amides is 1. The molecule has 3 aromatic carbocycles. The molecule has 0 saturated heterocycles. The van der Waals surface area contributed by atoms with Crippen LogP contribution >= 0.6 is 0 Å². The SMILES string of the molecule is CC(C(N)=O)n1ccc2c(NC(=O)Cc3ccc(-c4ccccc4)cc3)cccc2c1=O. The number of carbonyl (C=O) groups is 2. The van der Waals surface area contributed by atoms with Gasteiger partial charge in [-0.1, -0.05) is 60.7 Å². The summed E-state index contributed by atoms with van der Waals surface area (Å²) in [5.74, 6) is -0.770. The fourth-order valence-corrected chi connectivity index (χ4v) is 3.67. The van der Waals surface area contributed by atoms with Gasteiger partial charge in [0.25, 0.3) is 5.56 Å². The van der Waals surface area contributed by atoms with E-state index in [9.17, 15) is 14.4 Å². The van der Waals surface area contributed by atoms with Gasteiger partial charge in [0, 0.05) is 22.7 Å². The van der Waals surface area contributed by atoms with E-state index in [0.29, 0.717) is 16.5 Å². The molecule has 1 heterocycles. The number of nitrogens with one attached hydrogen (secondary N) is 1. The molecule has 3 N–H and O–H groups in total. The van der Waals surface area contributed by atoms with Gasteiger partial charge in [-0.3, -0.25) is 14.4 Å². The Morgan fingerprint density at radius 3 is 2.25 bits per heavy atom. The largest absolute Gasteiger partial charge is 0.368 e. The minimum Gasteiger partial charge on any atom is -0.368 e. The third kappa shape index (κ3) is 4.30. The lowest BCUT2D eigenvalue weighted by molar-refractivity contribution is -0.120. The Balaban J connectivity index is 1.53. The predicted octanol–water partition coefficient (Wildman–Crippen LogP) is 3.90. The van der Waals surface area contributed by atoms with Gasteiger partial charge in [0.05, 0.1) is 6.42 Å². The molecule has 2 amide bonds. The summed E-state index contributed by atoms with van der Waals surface area (Å²) in [6.07, 6.45) is 1.74. The van der Waals surface area contributed by atoms with Crippen molar-refractivity contribution in [1.29, 1.82) is 0 Å². The standard InChI is InChI=1S/C26H23N3O3/c1-17(25(27)31)29-15-14-21-22(26(29)32)8-5-9-23(21)28-24(30)16-18-10-12-20(13-11-18)19-6-3-2-4-7-19/h2-15,17H,16H2,1H3,(H2,27,31)(H,28,30). The van der Waals surface area contributed by atoms with Gasteiger partial charge in [-0.2, -0.15) is 0 Å². The van der Waals surface area contributed by atoms with E-state index >= 15 is 0 Å². The zero-order valence-electron chi connectivity index (χ0n) is 17.6. The van der Waals surface area contributed by atoms with E-state index < -0.39 is 11.9 Å². The van der Waals surface area contributed by atoms with E-state index in [1.807, 2.05) is 54.6 Å². The summed E-state index contributed by atoms with van der Waals surface area (Å²) in [4.78, 5) is 37.0. The topological polar surface area (TPSA) is 94.2 Å². The minimum atomic E-state index is -0.760. The van der Waals surface area contributed by atoms with Crippen LogP contribution in [0.4, 0.5) is 5.69 Å². The molecule has 6 heteroatoms. The zero-order valence-corrected chi connectivity index (χ0v) is 17.6. The van der Waals surface area contributed by atoms with E-state index in [1.54, 1.807) is 31.2 Å². The lowest BCUT2D eigenvalue weighted by Crippen LogP contribution is -2.31. The maximum Gasteiger partial charge on any atom is 0.259 e. The van der Waals surface area contributed by atoms with Gasteiger partial charge >= 0.3 is 0 Å². The quantitative estimate of drug-likeness (QED) is 0.491. The Labute approximate surface area is 185 Å². The first-order valence-corrected chi connectivity index (χ1v) is 10.3. The number of aromatic nitrogens is 1. The van der Waals surface area contributed by atoms with Gasteiger partial charge < -0.3 is 15.6 Å². The highest BCUT2D eigenvalue weighted by Gasteiger charge is 2.15. The van der Waals surface area contributed by atoms with Crippen molar-refractivity contribution < 1.29 is 9.59 Å². The van der Waals surface area contributed by atoms with Crippen molar-refractivity contribution in [3.05, 3.63) is 101 Å². The van der Waals surface area contributed by atoms with Crippen LogP contribution in [-0.4, -0.2) is 16.4 Å². The van der Waals surface area contributed by atoms with E-state index in [2.05, 4.69) is 5.32 Å². The lowest BCUT2D eigenvalue weighted by Gasteiger charge is -2.14. The van der Waals surface area contributed by atoms with Gasteiger partial charge in [0.15, 0.2) is 0 Å². The van der Waals surface area contributed by atoms with E-state index in [1.165, 1.54) is 10.8 Å². The van der Waals surface area contributed by atoms with Crippen LogP contribution in [0, 0.1) is 0 Å². The lowest BCUT2D eigenvalue weighted by atomic mass is 10.0. The molecule has 1 unspecified atom stereocenters. The smallest absolute Gasteiger partial charge is 0.259 e. The molecule has 6 nitrogen and oxygen atoms in total. The molecule has 160 valence electrons. The number of carbonyl (C=O) groups excluding carboxylic acids is 2. The first-order chi connectivity index (χ1) is 15.4. The summed E-state index contributed by atoms with van der Waals surface area (Å²) in [5.41, 5.74) is 8.65. The normalized spacial score (nSPS) is 11.8. The van der Waals surface area contributed by atoms with Crippen LogP contribution in [0.5, 0.6) is 0 Å². The fourth-order valence-electron chi connectivity index (χ4n) is 3.67. The molecule has 0 aliphatic heterocycles. The number of pyridine rings is 1. The van der Waals surface area contributed by atoms with Crippen molar-refractivity contribution >= 4 is 28.3 Å². The van der Waals surface area contributed by atoms with E-state index in [0.717, 1.165) is 16.7 Å². The first kappa shape index (κ1) is 21.1. The molecule has 4 rings (SSSR count). The third-order valence-corrected chi connectivity index (χ3v) is 5.50. The summed E-state index contributed by atoms with van der Waals surface area (Å²) < 4.78 is 1.30. The number of nitrogens with two attached hydrogens (primary N) is 1. The molecule has 0 aliphatic carbocycles. The van der Waals surface area contributed by atoms with Crippen molar-refractivity contribution in [2.45, 2.75) is 19.4 Å². The summed E-state index contributed by atoms with van der Waals surface area (Å²) in [6.45, 7) is 1.57. The molecule has 0 spiro atoms. The summed E-state index contributed by atoms with van der Waals surface area (Å²) >= 11 is 0. The van der Waals surface area contributed by atoms with Crippen LogP contribution in [0.1, 0.15) is 18.5 Å². The molecule has 0 aliphatic rings. The second-order valence-corrected chi connectivity index (χ2v) is 7.66. The van der Waals surface area contributed by atoms with Crippen molar-refractivity contribution in [3.8, 4) is 11.1 Å². The maximum absolute atomic E-state index is 12.8. The van der Waals surface area contributed by atoms with Crippen LogP contribution in [0.2, 0.25) is 0 Å². The van der Waals surface area contributed by atoms with Crippen LogP contribution < -0.4 is 16.6 Å². The highest BCUT2D eigenvalue weighted by molar-refractivity contribution is 6.02. The molecule has 4 aromatic rings. The highest BCUT2D eigenvalue weighted by Crippen LogP contribution is 2.23. The monoisotopic (exact) mass is 425 g/mol. The molecule has 0 fully saturated rings. The summed E-state index contributed by atoms with van der Waals surface area (Å²) in [5, 5.41) is 3.92. The number of nitrogens with zero attached hydrogens (tertiary/aromatic N) is 1. The fraction of sp³-hybridized carbons (Fsp3) is 0.115. The number of amides is 2. The van der Waals surface area contributed by atoms with Crippen molar-refractivity contribution in [2.24, 2.45) is 5.73 Å². The van der Waals surface area contributed by atoms with Crippen LogP contribution in [0.15, 0.2) is 89.9 Å². The van der Waals surface area contributed by atoms with Crippen LogP contribution in [0.25, 0.3) is 21.9 Å². The van der Waals surface area contributed by atoms with Crippen molar-refractivity contribution in [3.63, 3.8) is 0 Å². The number of rotatable bonds is 6. The Morgan fingerprint density at radius 1 is 0.875 bits per heavy atom. The molecule has 0 radical (unpaired) electrons. The number of hydrogen-bond donors (Lipinski definition) is 2. The molecule has 0 bridgehead atoms. The molecule has 1 atom stereocenters. The van der Waals surface area contributed by atoms with E-state index in [4.69, 9.17) is 5.73 Å². The first-order valence-electron chi connectivity index (χ1n) is 10.3. The number of hydrogen-bond acceptors (Lipinski definition) is 3. The Bertz CT molecular complexity index is 1340. The Kier molecular flexibility index (Phi) is 5.85. The molecule has 1 aromatic heterocycles. The van der Waals surface area contributed by atoms with Crippen LogP contribution in [-0.2, 0) is 16.0 Å². The maximum atomic E-state index is 12.8. The average molecular weight is 425 g/mol. The summed E-state index contributed by atoms with van der Waals surface area (Å²) in [6, 6.07) is 24.0.